The average Bonchev–Trinajstić information content (AvgIpc) is 2.49. The molecular weight excluding hydrogens is 257 g/mol. The molecule has 4 heteroatoms. The quantitative estimate of drug-likeness (QED) is 0.788. The standard InChI is InChI=1S/C16H18FNO2/c1-19-15-4-2-3-5-16(15)20-11-10-18-12-13-6-8-14(17)9-7-13/h2-9,18H,10-12H2,1H3. The van der Waals surface area contributed by atoms with Gasteiger partial charge in [0.15, 0.2) is 11.5 Å². The summed E-state index contributed by atoms with van der Waals surface area (Å²) in [5.41, 5.74) is 1.05. The fraction of sp³-hybridized carbons (Fsp3) is 0.250. The number of para-hydroxylation sites is 2. The normalized spacial score (nSPS) is 10.3. The molecular formula is C16H18FNO2. The highest BCUT2D eigenvalue weighted by atomic mass is 19.1. The topological polar surface area (TPSA) is 30.5 Å². The lowest BCUT2D eigenvalue weighted by Crippen LogP contribution is -2.20. The van der Waals surface area contributed by atoms with E-state index in [0.717, 1.165) is 17.1 Å². The number of methoxy groups -OCH3 is 1. The van der Waals surface area contributed by atoms with E-state index in [4.69, 9.17) is 9.47 Å². The molecule has 0 aliphatic rings. The van der Waals surface area contributed by atoms with Crippen molar-refractivity contribution in [1.82, 2.24) is 5.32 Å². The number of benzene rings is 2. The number of halogens is 1. The zero-order valence-corrected chi connectivity index (χ0v) is 11.4. The summed E-state index contributed by atoms with van der Waals surface area (Å²) in [4.78, 5) is 0. The van der Waals surface area contributed by atoms with Crippen LogP contribution in [0, 0.1) is 5.82 Å². The maximum Gasteiger partial charge on any atom is 0.161 e. The fourth-order valence-corrected chi connectivity index (χ4v) is 1.81. The molecule has 0 bridgehead atoms. The lowest BCUT2D eigenvalue weighted by molar-refractivity contribution is 0.292. The monoisotopic (exact) mass is 275 g/mol. The maximum atomic E-state index is 12.7. The Labute approximate surface area is 118 Å². The second-order valence-corrected chi connectivity index (χ2v) is 4.30. The number of hydrogen-bond donors (Lipinski definition) is 1. The van der Waals surface area contributed by atoms with Crippen molar-refractivity contribution in [2.24, 2.45) is 0 Å². The van der Waals surface area contributed by atoms with Gasteiger partial charge in [0.25, 0.3) is 0 Å². The first-order chi connectivity index (χ1) is 9.79. The van der Waals surface area contributed by atoms with Crippen molar-refractivity contribution in [3.8, 4) is 11.5 Å². The molecule has 0 unspecified atom stereocenters. The Hall–Kier alpha value is -2.07. The SMILES string of the molecule is COc1ccccc1OCCNCc1ccc(F)cc1. The first-order valence-corrected chi connectivity index (χ1v) is 6.50. The molecule has 2 rings (SSSR count). The molecule has 0 amide bonds. The summed E-state index contributed by atoms with van der Waals surface area (Å²) < 4.78 is 23.6. The molecule has 0 aromatic heterocycles. The molecule has 0 spiro atoms. The summed E-state index contributed by atoms with van der Waals surface area (Å²) in [6, 6.07) is 14.0. The summed E-state index contributed by atoms with van der Waals surface area (Å²) >= 11 is 0. The lowest BCUT2D eigenvalue weighted by Gasteiger charge is -2.10. The average molecular weight is 275 g/mol. The molecule has 2 aromatic rings. The first-order valence-electron chi connectivity index (χ1n) is 6.50. The highest BCUT2D eigenvalue weighted by Crippen LogP contribution is 2.25. The van der Waals surface area contributed by atoms with Gasteiger partial charge >= 0.3 is 0 Å². The highest BCUT2D eigenvalue weighted by molar-refractivity contribution is 5.39. The molecule has 1 N–H and O–H groups in total. The molecule has 0 aliphatic carbocycles. The van der Waals surface area contributed by atoms with Crippen molar-refractivity contribution in [3.63, 3.8) is 0 Å². The van der Waals surface area contributed by atoms with Gasteiger partial charge in [0.1, 0.15) is 12.4 Å². The van der Waals surface area contributed by atoms with Gasteiger partial charge in [0.05, 0.1) is 7.11 Å². The lowest BCUT2D eigenvalue weighted by atomic mass is 10.2. The summed E-state index contributed by atoms with van der Waals surface area (Å²) in [5, 5.41) is 3.24. The predicted molar refractivity (Wildman–Crippen MR) is 76.6 cm³/mol. The van der Waals surface area contributed by atoms with Gasteiger partial charge < -0.3 is 14.8 Å². The van der Waals surface area contributed by atoms with E-state index in [1.54, 1.807) is 19.2 Å². The van der Waals surface area contributed by atoms with Crippen LogP contribution >= 0.6 is 0 Å². The molecule has 0 saturated heterocycles. The van der Waals surface area contributed by atoms with Crippen LogP contribution in [0.1, 0.15) is 5.56 Å². The summed E-state index contributed by atoms with van der Waals surface area (Å²) in [6.07, 6.45) is 0. The first kappa shape index (κ1) is 14.3. The molecule has 0 aliphatic heterocycles. The van der Waals surface area contributed by atoms with E-state index in [-0.39, 0.29) is 5.82 Å². The van der Waals surface area contributed by atoms with E-state index in [9.17, 15) is 4.39 Å². The molecule has 106 valence electrons. The molecule has 2 aromatic carbocycles. The molecule has 0 atom stereocenters. The zero-order chi connectivity index (χ0) is 14.2. The predicted octanol–water partition coefficient (Wildman–Crippen LogP) is 3.00. The third-order valence-corrected chi connectivity index (χ3v) is 2.85. The number of rotatable bonds is 7. The van der Waals surface area contributed by atoms with Crippen LogP contribution in [0.3, 0.4) is 0 Å². The van der Waals surface area contributed by atoms with Crippen LogP contribution in [0.4, 0.5) is 4.39 Å². The van der Waals surface area contributed by atoms with Crippen molar-refractivity contribution in [2.75, 3.05) is 20.3 Å². The maximum absolute atomic E-state index is 12.7. The molecule has 0 fully saturated rings. The summed E-state index contributed by atoms with van der Waals surface area (Å²) in [5.74, 6) is 1.25. The van der Waals surface area contributed by atoms with Crippen LogP contribution in [0.25, 0.3) is 0 Å². The molecule has 20 heavy (non-hydrogen) atoms. The van der Waals surface area contributed by atoms with Gasteiger partial charge in [0.2, 0.25) is 0 Å². The minimum Gasteiger partial charge on any atom is -0.493 e. The van der Waals surface area contributed by atoms with Gasteiger partial charge in [-0.05, 0) is 29.8 Å². The van der Waals surface area contributed by atoms with Crippen LogP contribution in [0.15, 0.2) is 48.5 Å². The van der Waals surface area contributed by atoms with Gasteiger partial charge in [0, 0.05) is 13.1 Å². The Morgan fingerprint density at radius 3 is 2.40 bits per heavy atom. The van der Waals surface area contributed by atoms with Gasteiger partial charge in [-0.25, -0.2) is 4.39 Å². The Morgan fingerprint density at radius 2 is 1.70 bits per heavy atom. The number of nitrogens with one attached hydrogen (secondary N) is 1. The fourth-order valence-electron chi connectivity index (χ4n) is 1.81. The summed E-state index contributed by atoms with van der Waals surface area (Å²) in [6.45, 7) is 1.94. The van der Waals surface area contributed by atoms with Crippen molar-refractivity contribution < 1.29 is 13.9 Å². The van der Waals surface area contributed by atoms with Gasteiger partial charge in [-0.2, -0.15) is 0 Å². The second kappa shape index (κ2) is 7.50. The van der Waals surface area contributed by atoms with Crippen molar-refractivity contribution in [2.45, 2.75) is 6.54 Å². The van der Waals surface area contributed by atoms with Crippen LogP contribution in [-0.2, 0) is 6.54 Å². The molecule has 3 nitrogen and oxygen atoms in total. The van der Waals surface area contributed by atoms with Gasteiger partial charge in [-0.3, -0.25) is 0 Å². The Balaban J connectivity index is 1.70. The molecule has 0 radical (unpaired) electrons. The third kappa shape index (κ3) is 4.24. The molecule has 0 saturated carbocycles. The van der Waals surface area contributed by atoms with Crippen LogP contribution in [0.2, 0.25) is 0 Å². The van der Waals surface area contributed by atoms with Crippen LogP contribution < -0.4 is 14.8 Å². The Kier molecular flexibility index (Phi) is 5.38. The van der Waals surface area contributed by atoms with Crippen molar-refractivity contribution >= 4 is 0 Å². The minimum atomic E-state index is -0.215. The van der Waals surface area contributed by atoms with E-state index in [0.29, 0.717) is 19.7 Å². The highest BCUT2D eigenvalue weighted by Gasteiger charge is 2.01. The van der Waals surface area contributed by atoms with Crippen molar-refractivity contribution in [3.05, 3.63) is 59.9 Å². The van der Waals surface area contributed by atoms with E-state index < -0.39 is 0 Å². The zero-order valence-electron chi connectivity index (χ0n) is 11.4. The van der Waals surface area contributed by atoms with E-state index in [1.807, 2.05) is 24.3 Å². The van der Waals surface area contributed by atoms with E-state index >= 15 is 0 Å². The Bertz CT molecular complexity index is 528. The second-order valence-electron chi connectivity index (χ2n) is 4.30. The van der Waals surface area contributed by atoms with E-state index in [2.05, 4.69) is 5.32 Å². The largest absolute Gasteiger partial charge is 0.493 e. The molecule has 0 heterocycles. The number of hydrogen-bond acceptors (Lipinski definition) is 3. The van der Waals surface area contributed by atoms with Crippen LogP contribution in [0.5, 0.6) is 11.5 Å². The van der Waals surface area contributed by atoms with E-state index in [1.165, 1.54) is 12.1 Å². The summed E-state index contributed by atoms with van der Waals surface area (Å²) in [7, 11) is 1.62. The smallest absolute Gasteiger partial charge is 0.161 e. The van der Waals surface area contributed by atoms with Crippen molar-refractivity contribution in [1.29, 1.82) is 0 Å². The third-order valence-electron chi connectivity index (χ3n) is 2.85. The van der Waals surface area contributed by atoms with Gasteiger partial charge in [-0.1, -0.05) is 24.3 Å². The van der Waals surface area contributed by atoms with Gasteiger partial charge in [-0.15, -0.1) is 0 Å². The number of ether oxygens (including phenoxy) is 2. The Morgan fingerprint density at radius 1 is 1.00 bits per heavy atom. The minimum absolute atomic E-state index is 0.215. The van der Waals surface area contributed by atoms with Crippen LogP contribution in [-0.4, -0.2) is 20.3 Å².